The van der Waals surface area contributed by atoms with Crippen LogP contribution in [0.2, 0.25) is 0 Å². The lowest BCUT2D eigenvalue weighted by Crippen LogP contribution is -2.30. The summed E-state index contributed by atoms with van der Waals surface area (Å²) in [6, 6.07) is 12.2. The smallest absolute Gasteiger partial charge is 0.344 e. The molecular weight excluding hydrogens is 515 g/mol. The van der Waals surface area contributed by atoms with Crippen LogP contribution in [0, 0.1) is 3.57 Å². The van der Waals surface area contributed by atoms with E-state index in [0.717, 1.165) is 10.5 Å². The van der Waals surface area contributed by atoms with Crippen LogP contribution in [0.3, 0.4) is 0 Å². The van der Waals surface area contributed by atoms with Crippen molar-refractivity contribution in [1.82, 2.24) is 10.2 Å². The van der Waals surface area contributed by atoms with Gasteiger partial charge >= 0.3 is 12.0 Å². The average Bonchev–Trinajstić information content (AvgIpc) is 3.01. The molecule has 8 nitrogen and oxygen atoms in total. The first kappa shape index (κ1) is 22.6. The summed E-state index contributed by atoms with van der Waals surface area (Å²) in [5.74, 6) is -0.110. The molecular formula is C22H21IN2O6. The number of amides is 3. The number of methoxy groups -OCH3 is 1. The van der Waals surface area contributed by atoms with Crippen LogP contribution < -0.4 is 14.8 Å². The Labute approximate surface area is 193 Å². The molecule has 0 spiro atoms. The molecule has 0 aromatic heterocycles. The van der Waals surface area contributed by atoms with Gasteiger partial charge < -0.3 is 19.5 Å². The van der Waals surface area contributed by atoms with Gasteiger partial charge in [-0.15, -0.1) is 0 Å². The van der Waals surface area contributed by atoms with E-state index in [4.69, 9.17) is 14.2 Å². The third-order valence-corrected chi connectivity index (χ3v) is 5.15. The fraction of sp³-hybridized carbons (Fsp3) is 0.227. The van der Waals surface area contributed by atoms with Gasteiger partial charge in [-0.1, -0.05) is 30.3 Å². The number of benzene rings is 2. The van der Waals surface area contributed by atoms with E-state index in [9.17, 15) is 14.4 Å². The number of hydrogen-bond acceptors (Lipinski definition) is 6. The van der Waals surface area contributed by atoms with Crippen LogP contribution in [0.5, 0.6) is 11.5 Å². The Morgan fingerprint density at radius 2 is 1.94 bits per heavy atom. The van der Waals surface area contributed by atoms with Crippen LogP contribution in [0.25, 0.3) is 6.08 Å². The highest BCUT2D eigenvalue weighted by Gasteiger charge is 2.33. The minimum atomic E-state index is -0.482. The highest BCUT2D eigenvalue weighted by atomic mass is 127. The lowest BCUT2D eigenvalue weighted by molar-refractivity contribution is -0.145. The molecule has 0 bridgehead atoms. The van der Waals surface area contributed by atoms with E-state index in [0.29, 0.717) is 20.6 Å². The molecule has 3 rings (SSSR count). The normalized spacial score (nSPS) is 14.5. The van der Waals surface area contributed by atoms with E-state index < -0.39 is 17.9 Å². The second-order valence-corrected chi connectivity index (χ2v) is 7.66. The van der Waals surface area contributed by atoms with Gasteiger partial charge in [0.25, 0.3) is 5.91 Å². The monoisotopic (exact) mass is 536 g/mol. The lowest BCUT2D eigenvalue weighted by Gasteiger charge is -2.13. The highest BCUT2D eigenvalue weighted by molar-refractivity contribution is 14.1. The molecule has 1 fully saturated rings. The van der Waals surface area contributed by atoms with E-state index in [1.54, 1.807) is 25.1 Å². The van der Waals surface area contributed by atoms with Gasteiger partial charge in [0, 0.05) is 0 Å². The first-order valence-electron chi connectivity index (χ1n) is 9.47. The predicted molar refractivity (Wildman–Crippen MR) is 121 cm³/mol. The molecule has 3 amide bonds. The second-order valence-electron chi connectivity index (χ2n) is 6.49. The van der Waals surface area contributed by atoms with Gasteiger partial charge in [-0.2, -0.15) is 0 Å². The number of urea groups is 1. The molecule has 0 radical (unpaired) electrons. The molecule has 0 saturated carbocycles. The van der Waals surface area contributed by atoms with E-state index in [2.05, 4.69) is 5.32 Å². The molecule has 0 unspecified atom stereocenters. The van der Waals surface area contributed by atoms with Crippen LogP contribution >= 0.6 is 22.6 Å². The van der Waals surface area contributed by atoms with E-state index in [-0.39, 0.29) is 25.5 Å². The van der Waals surface area contributed by atoms with Crippen LogP contribution in [0.4, 0.5) is 4.79 Å². The number of carbonyl (C=O) groups is 3. The zero-order valence-electron chi connectivity index (χ0n) is 17.0. The van der Waals surface area contributed by atoms with Gasteiger partial charge in [-0.25, -0.2) is 9.59 Å². The number of nitrogens with zero attached hydrogens (tertiary/aromatic N) is 1. The van der Waals surface area contributed by atoms with Crippen molar-refractivity contribution in [2.45, 2.75) is 13.5 Å². The van der Waals surface area contributed by atoms with Crippen LogP contribution in [0.1, 0.15) is 18.1 Å². The highest BCUT2D eigenvalue weighted by Crippen LogP contribution is 2.35. The Morgan fingerprint density at radius 1 is 1.19 bits per heavy atom. The topological polar surface area (TPSA) is 94.2 Å². The molecule has 2 aromatic rings. The Morgan fingerprint density at radius 3 is 2.61 bits per heavy atom. The number of halogens is 1. The summed E-state index contributed by atoms with van der Waals surface area (Å²) in [6.45, 7) is 1.92. The average molecular weight is 536 g/mol. The summed E-state index contributed by atoms with van der Waals surface area (Å²) < 4.78 is 16.5. The molecule has 31 heavy (non-hydrogen) atoms. The Balaban J connectivity index is 1.79. The Kier molecular flexibility index (Phi) is 7.50. The molecule has 1 heterocycles. The van der Waals surface area contributed by atoms with Crippen LogP contribution in [-0.2, 0) is 20.9 Å². The maximum absolute atomic E-state index is 12.7. The first-order valence-corrected chi connectivity index (χ1v) is 10.5. The van der Waals surface area contributed by atoms with Crippen molar-refractivity contribution in [3.8, 4) is 11.5 Å². The van der Waals surface area contributed by atoms with Gasteiger partial charge in [-0.05, 0) is 58.9 Å². The van der Waals surface area contributed by atoms with Gasteiger partial charge in [0.05, 0.1) is 23.8 Å². The molecule has 1 saturated heterocycles. The third kappa shape index (κ3) is 5.54. The van der Waals surface area contributed by atoms with Gasteiger partial charge in [0.1, 0.15) is 5.70 Å². The molecule has 1 N–H and O–H groups in total. The number of carbonyl (C=O) groups excluding carboxylic acids is 3. The van der Waals surface area contributed by atoms with Gasteiger partial charge in [0.15, 0.2) is 18.1 Å². The van der Waals surface area contributed by atoms with Crippen molar-refractivity contribution in [2.75, 3.05) is 20.3 Å². The summed E-state index contributed by atoms with van der Waals surface area (Å²) in [6.07, 6.45) is 1.57. The number of imide groups is 1. The fourth-order valence-electron chi connectivity index (χ4n) is 2.94. The number of ether oxygens (including phenoxy) is 3. The number of nitrogens with one attached hydrogen (secondary N) is 1. The quantitative estimate of drug-likeness (QED) is 0.241. The Hall–Kier alpha value is -3.08. The largest absolute Gasteiger partial charge is 0.493 e. The minimum absolute atomic E-state index is 0.166. The van der Waals surface area contributed by atoms with Crippen molar-refractivity contribution in [3.63, 3.8) is 0 Å². The molecule has 162 valence electrons. The molecule has 2 aromatic carbocycles. The molecule has 1 aliphatic rings. The molecule has 0 aliphatic carbocycles. The van der Waals surface area contributed by atoms with Crippen molar-refractivity contribution in [2.24, 2.45) is 0 Å². The predicted octanol–water partition coefficient (Wildman–Crippen LogP) is 3.33. The third-order valence-electron chi connectivity index (χ3n) is 4.35. The van der Waals surface area contributed by atoms with Gasteiger partial charge in [0.2, 0.25) is 0 Å². The molecule has 1 aliphatic heterocycles. The standard InChI is InChI=1S/C22H21IN2O6/c1-3-30-19(26)13-31-20-16(23)9-15(11-18(20)29-2)10-17-21(27)25(22(28)24-17)12-14-7-5-4-6-8-14/h4-11H,3,12-13H2,1-2H3,(H,24,28)/b17-10+. The second kappa shape index (κ2) is 10.3. The zero-order chi connectivity index (χ0) is 22.4. The van der Waals surface area contributed by atoms with E-state index in [1.807, 2.05) is 52.9 Å². The van der Waals surface area contributed by atoms with E-state index in [1.165, 1.54) is 7.11 Å². The summed E-state index contributed by atoms with van der Waals surface area (Å²) in [7, 11) is 1.48. The summed E-state index contributed by atoms with van der Waals surface area (Å²) in [5.41, 5.74) is 1.65. The first-order chi connectivity index (χ1) is 14.9. The summed E-state index contributed by atoms with van der Waals surface area (Å²) in [4.78, 5) is 37.8. The fourth-order valence-corrected chi connectivity index (χ4v) is 3.73. The zero-order valence-corrected chi connectivity index (χ0v) is 19.2. The van der Waals surface area contributed by atoms with Gasteiger partial charge in [-0.3, -0.25) is 9.69 Å². The van der Waals surface area contributed by atoms with Crippen molar-refractivity contribution in [3.05, 3.63) is 62.9 Å². The molecule has 0 atom stereocenters. The summed E-state index contributed by atoms with van der Waals surface area (Å²) in [5, 5.41) is 2.61. The maximum Gasteiger partial charge on any atom is 0.344 e. The lowest BCUT2D eigenvalue weighted by atomic mass is 10.1. The maximum atomic E-state index is 12.7. The molecule has 9 heteroatoms. The van der Waals surface area contributed by atoms with Crippen molar-refractivity contribution in [1.29, 1.82) is 0 Å². The van der Waals surface area contributed by atoms with E-state index >= 15 is 0 Å². The van der Waals surface area contributed by atoms with Crippen molar-refractivity contribution >= 4 is 46.6 Å². The Bertz CT molecular complexity index is 1020. The minimum Gasteiger partial charge on any atom is -0.493 e. The van der Waals surface area contributed by atoms with Crippen LogP contribution in [-0.4, -0.2) is 43.1 Å². The SMILES string of the molecule is CCOC(=O)COc1c(I)cc(/C=C2/NC(=O)N(Cc3ccccc3)C2=O)cc1OC. The summed E-state index contributed by atoms with van der Waals surface area (Å²) >= 11 is 2.05. The number of hydrogen-bond donors (Lipinski definition) is 1. The number of rotatable bonds is 8. The number of esters is 1. The van der Waals surface area contributed by atoms with Crippen LogP contribution in [0.15, 0.2) is 48.2 Å². The van der Waals surface area contributed by atoms with Crippen molar-refractivity contribution < 1.29 is 28.6 Å².